The average Bonchev–Trinajstić information content (AvgIpc) is 2.66. The third-order valence-electron chi connectivity index (χ3n) is 2.26. The summed E-state index contributed by atoms with van der Waals surface area (Å²) < 4.78 is 4.94. The Balaban J connectivity index is 2.49. The van der Waals surface area contributed by atoms with Gasteiger partial charge in [-0.1, -0.05) is 0 Å². The van der Waals surface area contributed by atoms with E-state index in [1.54, 1.807) is 25.3 Å². The lowest BCUT2D eigenvalue weighted by molar-refractivity contribution is 0.0526. The highest BCUT2D eigenvalue weighted by Crippen LogP contribution is 2.18. The van der Waals surface area contributed by atoms with Crippen LogP contribution in [0.15, 0.2) is 18.3 Å². The van der Waals surface area contributed by atoms with Crippen LogP contribution in [0, 0.1) is 6.92 Å². The van der Waals surface area contributed by atoms with Crippen LogP contribution in [0.2, 0.25) is 0 Å². The molecule has 2 rings (SSSR count). The van der Waals surface area contributed by atoms with Crippen LogP contribution in [0.25, 0.3) is 10.9 Å². The summed E-state index contributed by atoms with van der Waals surface area (Å²) >= 11 is 0. The monoisotopic (exact) mass is 204 g/mol. The van der Waals surface area contributed by atoms with E-state index in [1.165, 1.54) is 0 Å². The van der Waals surface area contributed by atoms with E-state index in [0.717, 1.165) is 16.5 Å². The molecule has 0 aliphatic heterocycles. The maximum absolute atomic E-state index is 11.5. The molecule has 0 aliphatic carbocycles. The molecule has 0 saturated heterocycles. The quantitative estimate of drug-likeness (QED) is 0.761. The van der Waals surface area contributed by atoms with Gasteiger partial charge in [0.15, 0.2) is 0 Å². The molecule has 1 N–H and O–H groups in total. The Hall–Kier alpha value is -1.84. The van der Waals surface area contributed by atoms with Gasteiger partial charge in [0, 0.05) is 5.39 Å². The first kappa shape index (κ1) is 9.71. The topological polar surface area (TPSA) is 55.0 Å². The van der Waals surface area contributed by atoms with E-state index >= 15 is 0 Å². The van der Waals surface area contributed by atoms with Crippen LogP contribution in [0.4, 0.5) is 0 Å². The summed E-state index contributed by atoms with van der Waals surface area (Å²) in [4.78, 5) is 11.5. The Labute approximate surface area is 87.2 Å². The Kier molecular flexibility index (Phi) is 2.41. The second-order valence-corrected chi connectivity index (χ2v) is 3.35. The Morgan fingerprint density at radius 2 is 2.33 bits per heavy atom. The van der Waals surface area contributed by atoms with Crippen LogP contribution in [0.1, 0.15) is 22.8 Å². The molecule has 4 nitrogen and oxygen atoms in total. The highest BCUT2D eigenvalue weighted by atomic mass is 16.5. The highest BCUT2D eigenvalue weighted by molar-refractivity contribution is 5.95. The second kappa shape index (κ2) is 3.73. The molecule has 4 heteroatoms. The number of fused-ring (bicyclic) bond motifs is 1. The van der Waals surface area contributed by atoms with Crippen molar-refractivity contribution in [2.45, 2.75) is 13.8 Å². The number of hydrogen-bond donors (Lipinski definition) is 1. The second-order valence-electron chi connectivity index (χ2n) is 3.35. The van der Waals surface area contributed by atoms with Gasteiger partial charge in [0.1, 0.15) is 0 Å². The number of ether oxygens (including phenoxy) is 1. The Morgan fingerprint density at radius 3 is 3.07 bits per heavy atom. The number of nitrogens with one attached hydrogen (secondary N) is 1. The molecule has 0 fully saturated rings. The van der Waals surface area contributed by atoms with E-state index in [4.69, 9.17) is 4.74 Å². The van der Waals surface area contributed by atoms with E-state index in [0.29, 0.717) is 12.2 Å². The van der Waals surface area contributed by atoms with Crippen molar-refractivity contribution in [3.8, 4) is 0 Å². The van der Waals surface area contributed by atoms with Crippen LogP contribution in [0.5, 0.6) is 0 Å². The molecule has 15 heavy (non-hydrogen) atoms. The minimum atomic E-state index is -0.288. The van der Waals surface area contributed by atoms with Crippen LogP contribution < -0.4 is 0 Å². The van der Waals surface area contributed by atoms with Crippen LogP contribution in [-0.4, -0.2) is 22.8 Å². The van der Waals surface area contributed by atoms with E-state index in [1.807, 2.05) is 6.92 Å². The minimum Gasteiger partial charge on any atom is -0.462 e. The van der Waals surface area contributed by atoms with Crippen molar-refractivity contribution < 1.29 is 9.53 Å². The zero-order valence-corrected chi connectivity index (χ0v) is 8.70. The molecule has 78 valence electrons. The molecule has 1 aromatic heterocycles. The fourth-order valence-electron chi connectivity index (χ4n) is 1.57. The molecule has 1 aromatic carbocycles. The van der Waals surface area contributed by atoms with Crippen molar-refractivity contribution in [2.24, 2.45) is 0 Å². The fourth-order valence-corrected chi connectivity index (χ4v) is 1.57. The van der Waals surface area contributed by atoms with Crippen LogP contribution in [-0.2, 0) is 4.74 Å². The molecule has 0 atom stereocenters. The lowest BCUT2D eigenvalue weighted by Crippen LogP contribution is -2.04. The zero-order chi connectivity index (χ0) is 10.8. The summed E-state index contributed by atoms with van der Waals surface area (Å²) in [5.74, 6) is -0.288. The van der Waals surface area contributed by atoms with Crippen molar-refractivity contribution >= 4 is 16.9 Å². The summed E-state index contributed by atoms with van der Waals surface area (Å²) in [6.07, 6.45) is 1.70. The number of esters is 1. The van der Waals surface area contributed by atoms with Gasteiger partial charge in [0.2, 0.25) is 0 Å². The van der Waals surface area contributed by atoms with Gasteiger partial charge in [-0.15, -0.1) is 0 Å². The highest BCUT2D eigenvalue weighted by Gasteiger charge is 2.09. The first-order valence-electron chi connectivity index (χ1n) is 4.83. The molecule has 2 aromatic rings. The lowest BCUT2D eigenvalue weighted by atomic mass is 10.1. The number of aromatic nitrogens is 2. The first-order chi connectivity index (χ1) is 7.22. The summed E-state index contributed by atoms with van der Waals surface area (Å²) in [7, 11) is 0. The maximum atomic E-state index is 11.5. The molecule has 0 radical (unpaired) electrons. The molecule has 0 unspecified atom stereocenters. The number of carbonyl (C=O) groups is 1. The SMILES string of the molecule is CCOC(=O)c1cc(C)c2[nH]ncc2c1. The van der Waals surface area contributed by atoms with Gasteiger partial charge in [-0.25, -0.2) is 4.79 Å². The summed E-state index contributed by atoms with van der Waals surface area (Å²) in [6, 6.07) is 3.59. The molecule has 1 heterocycles. The third kappa shape index (κ3) is 1.70. The standard InChI is InChI=1S/C11H12N2O2/c1-3-15-11(14)8-4-7(2)10-9(5-8)6-12-13-10/h4-6H,3H2,1-2H3,(H,12,13). The number of nitrogens with zero attached hydrogens (tertiary/aromatic N) is 1. The maximum Gasteiger partial charge on any atom is 0.338 e. The molecular weight excluding hydrogens is 192 g/mol. The van der Waals surface area contributed by atoms with Gasteiger partial charge in [-0.3, -0.25) is 5.10 Å². The number of aromatic amines is 1. The summed E-state index contributed by atoms with van der Waals surface area (Å²) in [5, 5.41) is 7.74. The van der Waals surface area contributed by atoms with E-state index in [2.05, 4.69) is 10.2 Å². The Bertz CT molecular complexity index is 502. The average molecular weight is 204 g/mol. The minimum absolute atomic E-state index is 0.288. The van der Waals surface area contributed by atoms with E-state index in [-0.39, 0.29) is 5.97 Å². The van der Waals surface area contributed by atoms with E-state index in [9.17, 15) is 4.79 Å². The molecular formula is C11H12N2O2. The number of H-pyrrole nitrogens is 1. The smallest absolute Gasteiger partial charge is 0.338 e. The van der Waals surface area contributed by atoms with Gasteiger partial charge in [-0.2, -0.15) is 5.10 Å². The van der Waals surface area contributed by atoms with Crippen molar-refractivity contribution in [2.75, 3.05) is 6.61 Å². The fraction of sp³-hybridized carbons (Fsp3) is 0.273. The van der Waals surface area contributed by atoms with E-state index < -0.39 is 0 Å². The predicted molar refractivity (Wildman–Crippen MR) is 56.8 cm³/mol. The van der Waals surface area contributed by atoms with Gasteiger partial charge >= 0.3 is 5.97 Å². The number of benzene rings is 1. The van der Waals surface area contributed by atoms with Gasteiger partial charge in [0.05, 0.1) is 23.9 Å². The molecule has 0 amide bonds. The molecule has 0 bridgehead atoms. The molecule has 0 aliphatic rings. The lowest BCUT2D eigenvalue weighted by Gasteiger charge is -2.03. The van der Waals surface area contributed by atoms with Gasteiger partial charge in [-0.05, 0) is 31.5 Å². The molecule has 0 spiro atoms. The van der Waals surface area contributed by atoms with Gasteiger partial charge < -0.3 is 4.74 Å². The summed E-state index contributed by atoms with van der Waals surface area (Å²) in [6.45, 7) is 4.12. The molecule has 0 saturated carbocycles. The predicted octanol–water partition coefficient (Wildman–Crippen LogP) is 2.05. The Morgan fingerprint density at radius 1 is 1.53 bits per heavy atom. The van der Waals surface area contributed by atoms with Gasteiger partial charge in [0.25, 0.3) is 0 Å². The summed E-state index contributed by atoms with van der Waals surface area (Å²) in [5.41, 5.74) is 2.53. The number of aryl methyl sites for hydroxylation is 1. The van der Waals surface area contributed by atoms with Crippen LogP contribution >= 0.6 is 0 Å². The number of carbonyl (C=O) groups excluding carboxylic acids is 1. The van der Waals surface area contributed by atoms with Crippen molar-refractivity contribution in [3.05, 3.63) is 29.5 Å². The third-order valence-corrected chi connectivity index (χ3v) is 2.26. The van der Waals surface area contributed by atoms with Crippen molar-refractivity contribution in [3.63, 3.8) is 0 Å². The largest absolute Gasteiger partial charge is 0.462 e. The zero-order valence-electron chi connectivity index (χ0n) is 8.70. The normalized spacial score (nSPS) is 10.5. The van der Waals surface area contributed by atoms with Crippen molar-refractivity contribution in [1.82, 2.24) is 10.2 Å². The van der Waals surface area contributed by atoms with Crippen LogP contribution in [0.3, 0.4) is 0 Å². The number of hydrogen-bond acceptors (Lipinski definition) is 3. The number of rotatable bonds is 2. The van der Waals surface area contributed by atoms with Crippen molar-refractivity contribution in [1.29, 1.82) is 0 Å². The first-order valence-corrected chi connectivity index (χ1v) is 4.83.